The van der Waals surface area contributed by atoms with Crippen molar-refractivity contribution in [3.8, 4) is 0 Å². The number of aryl methyl sites for hydroxylation is 1. The van der Waals surface area contributed by atoms with Crippen molar-refractivity contribution in [3.63, 3.8) is 0 Å². The average Bonchev–Trinajstić information content (AvgIpc) is 3.14. The van der Waals surface area contributed by atoms with Gasteiger partial charge in [-0.1, -0.05) is 30.3 Å². The third-order valence-corrected chi connectivity index (χ3v) is 8.09. The lowest BCUT2D eigenvalue weighted by molar-refractivity contribution is 0.134. The number of anilines is 2. The number of nitrogens with zero attached hydrogens (tertiary/aromatic N) is 3. The Kier molecular flexibility index (Phi) is 8.39. The molecule has 0 bridgehead atoms. The largest absolute Gasteiger partial charge is 0.353 e. The molecular formula is C28H28Cl2F2N4S. The van der Waals surface area contributed by atoms with E-state index < -0.39 is 0 Å². The van der Waals surface area contributed by atoms with Crippen LogP contribution in [0.2, 0.25) is 0 Å². The lowest BCUT2D eigenvalue weighted by atomic mass is 10.0. The van der Waals surface area contributed by atoms with Gasteiger partial charge in [-0.05, 0) is 61.9 Å². The molecule has 2 aliphatic rings. The molecule has 1 fully saturated rings. The molecule has 2 aliphatic heterocycles. The summed E-state index contributed by atoms with van der Waals surface area (Å²) in [5, 5.41) is 5.63. The molecule has 194 valence electrons. The fourth-order valence-corrected chi connectivity index (χ4v) is 6.13. The third kappa shape index (κ3) is 5.46. The smallest absolute Gasteiger partial charge is 0.140 e. The van der Waals surface area contributed by atoms with Crippen molar-refractivity contribution in [1.82, 2.24) is 9.80 Å². The number of nitrogens with one attached hydrogen (secondary N) is 1. The van der Waals surface area contributed by atoms with Gasteiger partial charge in [0, 0.05) is 35.8 Å². The highest BCUT2D eigenvalue weighted by molar-refractivity contribution is 7.23. The Bertz CT molecular complexity index is 1420. The van der Waals surface area contributed by atoms with Crippen LogP contribution in [0.25, 0.3) is 10.1 Å². The van der Waals surface area contributed by atoms with Gasteiger partial charge in [-0.15, -0.1) is 36.2 Å². The summed E-state index contributed by atoms with van der Waals surface area (Å²) in [7, 11) is 2.17. The number of piperazine rings is 1. The normalized spacial score (nSPS) is 17.0. The standard InChI is InChI=1S/C28H26F2N4S.2ClH/c1-33-14-15-34(17-21(33)12-8-18-6-9-19(29)10-7-18)27-26-22-4-2-3-5-25(22)35-28(26)32-24-16-20(30)11-13-23(24)31-27;;/h2-7,9-11,13,16,21,32H,8,12,14-15,17H2,1H3;2*1H. The Hall–Kier alpha value is -2.71. The number of thiophene rings is 1. The number of aliphatic imine (C=N–C) groups is 1. The molecule has 1 unspecified atom stereocenters. The van der Waals surface area contributed by atoms with E-state index in [1.165, 1.54) is 29.0 Å². The van der Waals surface area contributed by atoms with Crippen LogP contribution in [0.3, 0.4) is 0 Å². The van der Waals surface area contributed by atoms with Gasteiger partial charge < -0.3 is 10.2 Å². The Balaban J connectivity index is 0.00000160. The fourth-order valence-electron chi connectivity index (χ4n) is 5.02. The molecule has 0 radical (unpaired) electrons. The van der Waals surface area contributed by atoms with Crippen molar-refractivity contribution in [2.24, 2.45) is 4.99 Å². The number of rotatable bonds is 3. The number of hydrogen-bond donors (Lipinski definition) is 1. The lowest BCUT2D eigenvalue weighted by Crippen LogP contribution is -2.53. The zero-order chi connectivity index (χ0) is 23.9. The van der Waals surface area contributed by atoms with Gasteiger partial charge in [0.15, 0.2) is 0 Å². The summed E-state index contributed by atoms with van der Waals surface area (Å²) in [5.74, 6) is 0.460. The maximum Gasteiger partial charge on any atom is 0.140 e. The topological polar surface area (TPSA) is 30.9 Å². The number of amidine groups is 1. The van der Waals surface area contributed by atoms with Crippen LogP contribution in [-0.4, -0.2) is 48.4 Å². The summed E-state index contributed by atoms with van der Waals surface area (Å²) in [6.07, 6.45) is 1.87. The third-order valence-electron chi connectivity index (χ3n) is 7.01. The number of likely N-dealkylation sites (N-methyl/N-ethyl adjacent to an activating group) is 1. The molecule has 1 N–H and O–H groups in total. The molecule has 0 amide bonds. The molecular weight excluding hydrogens is 533 g/mol. The van der Waals surface area contributed by atoms with E-state index in [2.05, 4.69) is 40.4 Å². The molecule has 1 aromatic heterocycles. The van der Waals surface area contributed by atoms with Crippen LogP contribution in [0.15, 0.2) is 71.7 Å². The summed E-state index contributed by atoms with van der Waals surface area (Å²) in [6.45, 7) is 2.63. The van der Waals surface area contributed by atoms with Crippen molar-refractivity contribution in [1.29, 1.82) is 0 Å². The van der Waals surface area contributed by atoms with Crippen molar-refractivity contribution >= 4 is 68.4 Å². The maximum atomic E-state index is 14.1. The second-order valence-corrected chi connectivity index (χ2v) is 10.3. The number of benzene rings is 3. The van der Waals surface area contributed by atoms with Gasteiger partial charge in [-0.25, -0.2) is 13.8 Å². The van der Waals surface area contributed by atoms with Crippen LogP contribution < -0.4 is 5.32 Å². The summed E-state index contributed by atoms with van der Waals surface area (Å²) in [5.41, 5.74) is 3.67. The van der Waals surface area contributed by atoms with E-state index in [0.29, 0.717) is 11.7 Å². The first-order valence-electron chi connectivity index (χ1n) is 11.9. The number of halogens is 4. The van der Waals surface area contributed by atoms with E-state index in [1.54, 1.807) is 17.4 Å². The van der Waals surface area contributed by atoms with E-state index in [-0.39, 0.29) is 36.4 Å². The Labute approximate surface area is 231 Å². The van der Waals surface area contributed by atoms with Crippen LogP contribution in [0.4, 0.5) is 25.2 Å². The van der Waals surface area contributed by atoms with E-state index in [0.717, 1.165) is 65.5 Å². The SMILES string of the molecule is CN1CCN(C2=Nc3ccc(F)cc3Nc3sc4ccccc4c32)CC1CCc1ccc(F)cc1.Cl.Cl. The molecule has 1 atom stereocenters. The molecule has 0 aliphatic carbocycles. The molecule has 3 aromatic carbocycles. The number of hydrogen-bond acceptors (Lipinski definition) is 5. The Morgan fingerprint density at radius 2 is 1.73 bits per heavy atom. The van der Waals surface area contributed by atoms with Crippen LogP contribution in [-0.2, 0) is 6.42 Å². The molecule has 4 aromatic rings. The monoisotopic (exact) mass is 560 g/mol. The van der Waals surface area contributed by atoms with Crippen LogP contribution in [0.5, 0.6) is 0 Å². The van der Waals surface area contributed by atoms with Crippen LogP contribution in [0, 0.1) is 11.6 Å². The Morgan fingerprint density at radius 3 is 2.54 bits per heavy atom. The molecule has 37 heavy (non-hydrogen) atoms. The van der Waals surface area contributed by atoms with E-state index in [1.807, 2.05) is 18.2 Å². The van der Waals surface area contributed by atoms with Crippen molar-refractivity contribution < 1.29 is 8.78 Å². The lowest BCUT2D eigenvalue weighted by Gasteiger charge is -2.41. The van der Waals surface area contributed by atoms with E-state index in [4.69, 9.17) is 4.99 Å². The minimum absolute atomic E-state index is 0. The molecule has 9 heteroatoms. The highest BCUT2D eigenvalue weighted by Gasteiger charge is 2.31. The molecule has 4 nitrogen and oxygen atoms in total. The quantitative estimate of drug-likeness (QED) is 0.283. The predicted octanol–water partition coefficient (Wildman–Crippen LogP) is 7.41. The van der Waals surface area contributed by atoms with Crippen molar-refractivity contribution in [2.75, 3.05) is 32.0 Å². The number of fused-ring (bicyclic) bond motifs is 4. The van der Waals surface area contributed by atoms with Gasteiger partial charge in [0.2, 0.25) is 0 Å². The predicted molar refractivity (Wildman–Crippen MR) is 155 cm³/mol. The summed E-state index contributed by atoms with van der Waals surface area (Å²) >= 11 is 1.68. The summed E-state index contributed by atoms with van der Waals surface area (Å²) < 4.78 is 28.6. The van der Waals surface area contributed by atoms with Gasteiger partial charge in [0.25, 0.3) is 0 Å². The average molecular weight is 562 g/mol. The molecule has 3 heterocycles. The zero-order valence-electron chi connectivity index (χ0n) is 20.3. The highest BCUT2D eigenvalue weighted by atomic mass is 35.5. The van der Waals surface area contributed by atoms with Crippen molar-refractivity contribution in [3.05, 3.63) is 89.5 Å². The second-order valence-electron chi connectivity index (χ2n) is 9.27. The minimum atomic E-state index is -0.280. The fraction of sp³-hybridized carbons (Fsp3) is 0.250. The second kappa shape index (κ2) is 11.4. The molecule has 0 spiro atoms. The van der Waals surface area contributed by atoms with Gasteiger partial charge in [-0.2, -0.15) is 0 Å². The maximum absolute atomic E-state index is 14.1. The van der Waals surface area contributed by atoms with E-state index in [9.17, 15) is 8.78 Å². The van der Waals surface area contributed by atoms with Gasteiger partial charge >= 0.3 is 0 Å². The first-order valence-corrected chi connectivity index (χ1v) is 12.7. The first kappa shape index (κ1) is 27.3. The van der Waals surface area contributed by atoms with Crippen molar-refractivity contribution in [2.45, 2.75) is 18.9 Å². The van der Waals surface area contributed by atoms with Crippen LogP contribution in [0.1, 0.15) is 17.5 Å². The highest BCUT2D eigenvalue weighted by Crippen LogP contribution is 2.43. The first-order chi connectivity index (χ1) is 17.0. The zero-order valence-corrected chi connectivity index (χ0v) is 22.7. The van der Waals surface area contributed by atoms with Gasteiger partial charge in [0.1, 0.15) is 22.5 Å². The summed E-state index contributed by atoms with van der Waals surface area (Å²) in [6, 6.07) is 20.2. The summed E-state index contributed by atoms with van der Waals surface area (Å²) in [4.78, 5) is 9.91. The molecule has 0 saturated carbocycles. The van der Waals surface area contributed by atoms with E-state index >= 15 is 0 Å². The van der Waals surface area contributed by atoms with Crippen LogP contribution >= 0.6 is 36.2 Å². The molecule has 6 rings (SSSR count). The molecule has 1 saturated heterocycles. The minimum Gasteiger partial charge on any atom is -0.353 e. The van der Waals surface area contributed by atoms with Gasteiger partial charge in [0.05, 0.1) is 16.9 Å². The Morgan fingerprint density at radius 1 is 0.973 bits per heavy atom. The van der Waals surface area contributed by atoms with Gasteiger partial charge in [-0.3, -0.25) is 4.90 Å².